The quantitative estimate of drug-likeness (QED) is 0.459. The second kappa shape index (κ2) is 7.10. The largest absolute Gasteiger partial charge is 0.373 e. The minimum Gasteiger partial charge on any atom is -0.373 e. The highest BCUT2D eigenvalue weighted by Gasteiger charge is 2.28. The number of amides is 1. The molecule has 11 heteroatoms. The van der Waals surface area contributed by atoms with Crippen molar-refractivity contribution < 1.29 is 4.79 Å². The Kier molecular flexibility index (Phi) is 4.27. The van der Waals surface area contributed by atoms with Crippen LogP contribution in [0.3, 0.4) is 0 Å². The van der Waals surface area contributed by atoms with E-state index in [2.05, 4.69) is 41.1 Å². The summed E-state index contributed by atoms with van der Waals surface area (Å²) in [5.74, 6) is 2.42. The molecule has 0 radical (unpaired) electrons. The van der Waals surface area contributed by atoms with E-state index in [0.29, 0.717) is 28.7 Å². The number of fused-ring (bicyclic) bond motifs is 2. The Hall–Kier alpha value is -4.02. The lowest BCUT2D eigenvalue weighted by Crippen LogP contribution is -2.27. The van der Waals surface area contributed by atoms with Gasteiger partial charge in [0.15, 0.2) is 5.65 Å². The van der Waals surface area contributed by atoms with E-state index in [1.807, 2.05) is 31.2 Å². The molecule has 1 amide bonds. The molecule has 1 atom stereocenters. The number of hydrogen-bond acceptors (Lipinski definition) is 8. The molecular weight excluding hydrogens is 384 g/mol. The minimum absolute atomic E-state index is 0.184. The number of aryl methyl sites for hydroxylation is 2. The number of pyridine rings is 1. The standard InChI is InChI=1S/C19H20N10O/c1-11-4-3-5-14(24-11)26-15-8-16(20-2)29-17(27-15)12(9-22-29)19(30)25-13-6-7-28-18(13)21-10-23-28/h3-5,8-10,13,20H,6-7H2,1-2H3,(H,25,30)(H,24,26,27). The zero-order valence-corrected chi connectivity index (χ0v) is 16.5. The fourth-order valence-electron chi connectivity index (χ4n) is 3.58. The van der Waals surface area contributed by atoms with Crippen molar-refractivity contribution in [2.75, 3.05) is 17.7 Å². The molecule has 0 spiro atoms. The molecule has 0 saturated heterocycles. The predicted octanol–water partition coefficient (Wildman–Crippen LogP) is 1.68. The molecule has 152 valence electrons. The third-order valence-electron chi connectivity index (χ3n) is 5.01. The van der Waals surface area contributed by atoms with E-state index in [0.717, 1.165) is 24.5 Å². The first-order valence-electron chi connectivity index (χ1n) is 9.58. The summed E-state index contributed by atoms with van der Waals surface area (Å²) >= 11 is 0. The SMILES string of the molecule is CNc1cc(Nc2cccc(C)n2)nc2c(C(=O)NC3CCn4ncnc43)cnn12. The van der Waals surface area contributed by atoms with Gasteiger partial charge >= 0.3 is 0 Å². The Bertz CT molecular complexity index is 1240. The molecule has 1 unspecified atom stereocenters. The van der Waals surface area contributed by atoms with Crippen LogP contribution in [-0.4, -0.2) is 47.3 Å². The Morgan fingerprint density at radius 1 is 1.20 bits per heavy atom. The smallest absolute Gasteiger partial charge is 0.257 e. The van der Waals surface area contributed by atoms with Gasteiger partial charge in [0, 0.05) is 25.4 Å². The van der Waals surface area contributed by atoms with Gasteiger partial charge < -0.3 is 16.0 Å². The fraction of sp³-hybridized carbons (Fsp3) is 0.263. The van der Waals surface area contributed by atoms with E-state index in [1.165, 1.54) is 12.5 Å². The van der Waals surface area contributed by atoms with Crippen molar-refractivity contribution in [1.29, 1.82) is 0 Å². The number of carbonyl (C=O) groups is 1. The van der Waals surface area contributed by atoms with E-state index in [1.54, 1.807) is 16.2 Å². The van der Waals surface area contributed by atoms with Crippen molar-refractivity contribution in [3.8, 4) is 0 Å². The van der Waals surface area contributed by atoms with Crippen molar-refractivity contribution >= 4 is 29.0 Å². The lowest BCUT2D eigenvalue weighted by Gasteiger charge is -2.12. The average Bonchev–Trinajstić information content (AvgIpc) is 3.44. The maximum Gasteiger partial charge on any atom is 0.257 e. The third-order valence-corrected chi connectivity index (χ3v) is 5.01. The van der Waals surface area contributed by atoms with Crippen LogP contribution in [-0.2, 0) is 6.54 Å². The fourth-order valence-corrected chi connectivity index (χ4v) is 3.58. The van der Waals surface area contributed by atoms with Crippen molar-refractivity contribution in [1.82, 2.24) is 39.7 Å². The van der Waals surface area contributed by atoms with Gasteiger partial charge in [-0.3, -0.25) is 4.79 Å². The predicted molar refractivity (Wildman–Crippen MR) is 110 cm³/mol. The molecule has 1 aliphatic rings. The van der Waals surface area contributed by atoms with Crippen LogP contribution >= 0.6 is 0 Å². The van der Waals surface area contributed by atoms with E-state index < -0.39 is 0 Å². The molecule has 30 heavy (non-hydrogen) atoms. The molecule has 4 aromatic heterocycles. The Balaban J connectivity index is 1.47. The molecule has 0 fully saturated rings. The summed E-state index contributed by atoms with van der Waals surface area (Å²) in [5.41, 5.74) is 1.71. The molecule has 1 aliphatic heterocycles. The number of rotatable bonds is 5. The Labute approximate surface area is 171 Å². The first kappa shape index (κ1) is 18.0. The van der Waals surface area contributed by atoms with Gasteiger partial charge in [-0.2, -0.15) is 14.7 Å². The van der Waals surface area contributed by atoms with Crippen LogP contribution < -0.4 is 16.0 Å². The molecule has 11 nitrogen and oxygen atoms in total. The van der Waals surface area contributed by atoms with Gasteiger partial charge in [0.25, 0.3) is 5.91 Å². The van der Waals surface area contributed by atoms with E-state index in [9.17, 15) is 4.79 Å². The summed E-state index contributed by atoms with van der Waals surface area (Å²) in [6.07, 6.45) is 3.77. The lowest BCUT2D eigenvalue weighted by atomic mass is 10.2. The monoisotopic (exact) mass is 404 g/mol. The minimum atomic E-state index is -0.258. The summed E-state index contributed by atoms with van der Waals surface area (Å²) < 4.78 is 3.40. The van der Waals surface area contributed by atoms with Gasteiger partial charge in [-0.1, -0.05) is 6.07 Å². The maximum absolute atomic E-state index is 13.0. The normalized spacial score (nSPS) is 15.2. The summed E-state index contributed by atoms with van der Waals surface area (Å²) in [6.45, 7) is 2.65. The second-order valence-electron chi connectivity index (χ2n) is 7.02. The lowest BCUT2D eigenvalue weighted by molar-refractivity contribution is 0.0937. The highest BCUT2D eigenvalue weighted by Crippen LogP contribution is 2.25. The van der Waals surface area contributed by atoms with E-state index in [4.69, 9.17) is 0 Å². The Morgan fingerprint density at radius 3 is 2.93 bits per heavy atom. The van der Waals surface area contributed by atoms with Crippen LogP contribution in [0.1, 0.15) is 34.3 Å². The maximum atomic E-state index is 13.0. The summed E-state index contributed by atoms with van der Waals surface area (Å²) in [7, 11) is 1.79. The molecule has 0 saturated carbocycles. The number of nitrogens with one attached hydrogen (secondary N) is 3. The molecule has 0 aliphatic carbocycles. The van der Waals surface area contributed by atoms with Crippen molar-refractivity contribution in [3.63, 3.8) is 0 Å². The van der Waals surface area contributed by atoms with E-state index >= 15 is 0 Å². The highest BCUT2D eigenvalue weighted by atomic mass is 16.1. The van der Waals surface area contributed by atoms with Crippen molar-refractivity contribution in [2.24, 2.45) is 0 Å². The van der Waals surface area contributed by atoms with Crippen LogP contribution in [0.4, 0.5) is 17.5 Å². The summed E-state index contributed by atoms with van der Waals surface area (Å²) in [6, 6.07) is 7.32. The molecule has 5 heterocycles. The number of nitrogens with zero attached hydrogens (tertiary/aromatic N) is 7. The van der Waals surface area contributed by atoms with Gasteiger partial charge in [-0.25, -0.2) is 19.6 Å². The summed E-state index contributed by atoms with van der Waals surface area (Å²) in [4.78, 5) is 26.3. The topological polar surface area (TPSA) is 127 Å². The number of carbonyl (C=O) groups excluding carboxylic acids is 1. The number of anilines is 3. The van der Waals surface area contributed by atoms with Gasteiger partial charge in [-0.05, 0) is 25.5 Å². The van der Waals surface area contributed by atoms with Crippen LogP contribution in [0.25, 0.3) is 5.65 Å². The van der Waals surface area contributed by atoms with Crippen molar-refractivity contribution in [3.05, 3.63) is 53.9 Å². The van der Waals surface area contributed by atoms with Gasteiger partial charge in [0.1, 0.15) is 35.2 Å². The van der Waals surface area contributed by atoms with Crippen LogP contribution in [0.5, 0.6) is 0 Å². The highest BCUT2D eigenvalue weighted by molar-refractivity contribution is 6.00. The Morgan fingerprint density at radius 2 is 2.10 bits per heavy atom. The molecule has 5 rings (SSSR count). The molecule has 0 aromatic carbocycles. The van der Waals surface area contributed by atoms with Gasteiger partial charge in [0.05, 0.1) is 12.2 Å². The zero-order chi connectivity index (χ0) is 20.7. The van der Waals surface area contributed by atoms with Crippen LogP contribution in [0.2, 0.25) is 0 Å². The van der Waals surface area contributed by atoms with Crippen molar-refractivity contribution in [2.45, 2.75) is 25.9 Å². The van der Waals surface area contributed by atoms with Gasteiger partial charge in [0.2, 0.25) is 0 Å². The third kappa shape index (κ3) is 3.09. The molecule has 4 aromatic rings. The van der Waals surface area contributed by atoms with Crippen LogP contribution in [0, 0.1) is 6.92 Å². The number of aromatic nitrogens is 7. The van der Waals surface area contributed by atoms with Gasteiger partial charge in [-0.15, -0.1) is 0 Å². The molecule has 0 bridgehead atoms. The van der Waals surface area contributed by atoms with E-state index in [-0.39, 0.29) is 11.9 Å². The average molecular weight is 404 g/mol. The zero-order valence-electron chi connectivity index (χ0n) is 16.5. The summed E-state index contributed by atoms with van der Waals surface area (Å²) in [5, 5.41) is 17.8. The molecule has 3 N–H and O–H groups in total. The van der Waals surface area contributed by atoms with Crippen LogP contribution in [0.15, 0.2) is 36.8 Å². The second-order valence-corrected chi connectivity index (χ2v) is 7.02. The first-order chi connectivity index (χ1) is 14.6. The first-order valence-corrected chi connectivity index (χ1v) is 9.58. The molecular formula is C19H20N10O. The number of hydrogen-bond donors (Lipinski definition) is 3.